The summed E-state index contributed by atoms with van der Waals surface area (Å²) in [4.78, 5) is 0. The lowest BCUT2D eigenvalue weighted by Gasteiger charge is -2.24. The lowest BCUT2D eigenvalue weighted by Crippen LogP contribution is -2.32. The van der Waals surface area contributed by atoms with Crippen LogP contribution in [0.2, 0.25) is 0 Å². The summed E-state index contributed by atoms with van der Waals surface area (Å²) in [5.41, 5.74) is 6.36. The predicted molar refractivity (Wildman–Crippen MR) is 64.0 cm³/mol. The van der Waals surface area contributed by atoms with Crippen LogP contribution in [0.1, 0.15) is 39.7 Å². The minimum Gasteiger partial charge on any atom is -0.488 e. The first-order valence-corrected chi connectivity index (χ1v) is 5.62. The Bertz CT molecular complexity index is 361. The molecule has 2 nitrogen and oxygen atoms in total. The van der Waals surface area contributed by atoms with Crippen molar-refractivity contribution in [2.45, 2.75) is 45.8 Å². The molecule has 0 radical (unpaired) electrons. The molecule has 0 saturated carbocycles. The second-order valence-electron chi connectivity index (χ2n) is 4.58. The summed E-state index contributed by atoms with van der Waals surface area (Å²) in [6, 6.07) is 4.93. The van der Waals surface area contributed by atoms with Gasteiger partial charge in [-0.25, -0.2) is 4.39 Å². The fourth-order valence-electron chi connectivity index (χ4n) is 1.41. The Labute approximate surface area is 96.6 Å². The summed E-state index contributed by atoms with van der Waals surface area (Å²) in [6.45, 7) is 7.61. The Balaban J connectivity index is 2.99. The van der Waals surface area contributed by atoms with Gasteiger partial charge in [0.25, 0.3) is 0 Å². The molecule has 0 spiro atoms. The van der Waals surface area contributed by atoms with Crippen molar-refractivity contribution < 1.29 is 9.13 Å². The molecule has 1 rings (SSSR count). The highest BCUT2D eigenvalue weighted by molar-refractivity contribution is 5.33. The molecule has 0 heterocycles. The first-order valence-electron chi connectivity index (χ1n) is 5.62. The number of ether oxygens (including phenoxy) is 1. The fraction of sp³-hybridized carbons (Fsp3) is 0.538. The van der Waals surface area contributed by atoms with E-state index in [1.807, 2.05) is 33.8 Å². The molecular formula is C13H20FNO. The molecule has 1 atom stereocenters. The van der Waals surface area contributed by atoms with Gasteiger partial charge in [-0.05, 0) is 44.9 Å². The Morgan fingerprint density at radius 1 is 1.44 bits per heavy atom. The van der Waals surface area contributed by atoms with Gasteiger partial charge in [-0.2, -0.15) is 0 Å². The summed E-state index contributed by atoms with van der Waals surface area (Å²) in [7, 11) is 0. The maximum Gasteiger partial charge on any atom is 0.165 e. The molecule has 0 bridgehead atoms. The van der Waals surface area contributed by atoms with Gasteiger partial charge in [-0.1, -0.05) is 13.0 Å². The molecule has 3 heteroatoms. The van der Waals surface area contributed by atoms with Crippen LogP contribution in [0.25, 0.3) is 0 Å². The Hall–Kier alpha value is -1.09. The van der Waals surface area contributed by atoms with Crippen LogP contribution in [-0.4, -0.2) is 6.10 Å². The Kier molecular flexibility index (Phi) is 3.92. The molecule has 0 aliphatic rings. The van der Waals surface area contributed by atoms with Crippen molar-refractivity contribution >= 4 is 0 Å². The second kappa shape index (κ2) is 4.83. The van der Waals surface area contributed by atoms with Crippen LogP contribution in [0.15, 0.2) is 18.2 Å². The molecule has 0 fully saturated rings. The van der Waals surface area contributed by atoms with E-state index in [-0.39, 0.29) is 17.7 Å². The summed E-state index contributed by atoms with van der Waals surface area (Å²) >= 11 is 0. The zero-order valence-corrected chi connectivity index (χ0v) is 10.4. The molecule has 0 aliphatic heterocycles. The molecule has 1 unspecified atom stereocenters. The van der Waals surface area contributed by atoms with Gasteiger partial charge in [-0.15, -0.1) is 0 Å². The third-order valence-corrected chi connectivity index (χ3v) is 2.69. The molecule has 0 aromatic heterocycles. The van der Waals surface area contributed by atoms with Crippen molar-refractivity contribution in [1.82, 2.24) is 0 Å². The minimum absolute atomic E-state index is 0.0317. The summed E-state index contributed by atoms with van der Waals surface area (Å²) in [5.74, 6) is -0.0676. The smallest absolute Gasteiger partial charge is 0.165 e. The topological polar surface area (TPSA) is 35.2 Å². The van der Waals surface area contributed by atoms with Gasteiger partial charge in [0, 0.05) is 5.54 Å². The van der Waals surface area contributed by atoms with Crippen LogP contribution in [0.5, 0.6) is 5.75 Å². The van der Waals surface area contributed by atoms with Gasteiger partial charge in [0.15, 0.2) is 11.6 Å². The first kappa shape index (κ1) is 13.0. The number of halogens is 1. The van der Waals surface area contributed by atoms with Crippen LogP contribution in [0.3, 0.4) is 0 Å². The normalized spacial score (nSPS) is 14.9. The molecule has 0 aliphatic carbocycles. The summed E-state index contributed by atoms with van der Waals surface area (Å²) in [5, 5.41) is 0. The highest BCUT2D eigenvalue weighted by Gasteiger charge is 2.20. The molecular weight excluding hydrogens is 205 g/mol. The van der Waals surface area contributed by atoms with Crippen LogP contribution in [-0.2, 0) is 5.54 Å². The van der Waals surface area contributed by atoms with Crippen LogP contribution < -0.4 is 10.5 Å². The van der Waals surface area contributed by atoms with Crippen molar-refractivity contribution in [3.8, 4) is 5.75 Å². The third kappa shape index (κ3) is 2.95. The lowest BCUT2D eigenvalue weighted by atomic mass is 9.90. The number of hydrogen-bond acceptors (Lipinski definition) is 2. The standard InChI is InChI=1S/C13H20FNO/c1-5-13(4,15)10-6-7-12(11(14)8-10)16-9(2)3/h6-9H,5,15H2,1-4H3. The molecule has 1 aromatic carbocycles. The summed E-state index contributed by atoms with van der Waals surface area (Å²) < 4.78 is 19.0. The quantitative estimate of drug-likeness (QED) is 0.854. The SMILES string of the molecule is CCC(C)(N)c1ccc(OC(C)C)c(F)c1. The van der Waals surface area contributed by atoms with Gasteiger partial charge in [0.05, 0.1) is 6.10 Å². The van der Waals surface area contributed by atoms with Crippen molar-refractivity contribution in [3.63, 3.8) is 0 Å². The van der Waals surface area contributed by atoms with E-state index < -0.39 is 5.54 Å². The number of rotatable bonds is 4. The first-order chi connectivity index (χ1) is 7.36. The van der Waals surface area contributed by atoms with Gasteiger partial charge < -0.3 is 10.5 Å². The van der Waals surface area contributed by atoms with E-state index in [1.54, 1.807) is 6.07 Å². The Morgan fingerprint density at radius 3 is 2.50 bits per heavy atom. The van der Waals surface area contributed by atoms with Gasteiger partial charge in [-0.3, -0.25) is 0 Å². The van der Waals surface area contributed by atoms with Crippen LogP contribution >= 0.6 is 0 Å². The zero-order chi connectivity index (χ0) is 12.3. The molecule has 0 saturated heterocycles. The number of nitrogens with two attached hydrogens (primary N) is 1. The maximum absolute atomic E-state index is 13.7. The van der Waals surface area contributed by atoms with E-state index in [4.69, 9.17) is 10.5 Å². The van der Waals surface area contributed by atoms with Crippen molar-refractivity contribution in [1.29, 1.82) is 0 Å². The van der Waals surface area contributed by atoms with Crippen LogP contribution in [0.4, 0.5) is 4.39 Å². The largest absolute Gasteiger partial charge is 0.488 e. The van der Waals surface area contributed by atoms with E-state index in [2.05, 4.69) is 0 Å². The predicted octanol–water partition coefficient (Wildman–Crippen LogP) is 3.20. The Morgan fingerprint density at radius 2 is 2.06 bits per heavy atom. The van der Waals surface area contributed by atoms with Gasteiger partial charge in [0.1, 0.15) is 0 Å². The number of benzene rings is 1. The summed E-state index contributed by atoms with van der Waals surface area (Å²) in [6.07, 6.45) is 0.729. The van der Waals surface area contributed by atoms with Gasteiger partial charge in [0.2, 0.25) is 0 Å². The third-order valence-electron chi connectivity index (χ3n) is 2.69. The van der Waals surface area contributed by atoms with E-state index >= 15 is 0 Å². The van der Waals surface area contributed by atoms with E-state index in [1.165, 1.54) is 6.07 Å². The van der Waals surface area contributed by atoms with E-state index in [0.717, 1.165) is 12.0 Å². The monoisotopic (exact) mass is 225 g/mol. The van der Waals surface area contributed by atoms with Crippen molar-refractivity contribution in [3.05, 3.63) is 29.6 Å². The minimum atomic E-state index is -0.489. The molecule has 16 heavy (non-hydrogen) atoms. The van der Waals surface area contributed by atoms with Gasteiger partial charge >= 0.3 is 0 Å². The van der Waals surface area contributed by atoms with Crippen molar-refractivity contribution in [2.75, 3.05) is 0 Å². The molecule has 90 valence electrons. The number of hydrogen-bond donors (Lipinski definition) is 1. The lowest BCUT2D eigenvalue weighted by molar-refractivity contribution is 0.231. The molecule has 1 aromatic rings. The highest BCUT2D eigenvalue weighted by atomic mass is 19.1. The maximum atomic E-state index is 13.7. The second-order valence-corrected chi connectivity index (χ2v) is 4.58. The zero-order valence-electron chi connectivity index (χ0n) is 10.4. The molecule has 0 amide bonds. The fourth-order valence-corrected chi connectivity index (χ4v) is 1.41. The average Bonchev–Trinajstić information content (AvgIpc) is 2.20. The van der Waals surface area contributed by atoms with Crippen molar-refractivity contribution in [2.24, 2.45) is 5.73 Å². The van der Waals surface area contributed by atoms with E-state index in [0.29, 0.717) is 0 Å². The van der Waals surface area contributed by atoms with Crippen LogP contribution in [0, 0.1) is 5.82 Å². The highest BCUT2D eigenvalue weighted by Crippen LogP contribution is 2.26. The molecule has 2 N–H and O–H groups in total. The average molecular weight is 225 g/mol. The van der Waals surface area contributed by atoms with E-state index in [9.17, 15) is 4.39 Å².